The zero-order chi connectivity index (χ0) is 16.1. The van der Waals surface area contributed by atoms with Gasteiger partial charge in [-0.05, 0) is 17.5 Å². The van der Waals surface area contributed by atoms with Crippen LogP contribution in [0, 0.1) is 0 Å². The van der Waals surface area contributed by atoms with Gasteiger partial charge in [0, 0.05) is 44.3 Å². The third kappa shape index (κ3) is 4.50. The van der Waals surface area contributed by atoms with E-state index in [2.05, 4.69) is 44.7 Å². The lowest BCUT2D eigenvalue weighted by Gasteiger charge is -2.20. The number of aromatic amines is 1. The number of aliphatic imine (C=N–C) groups is 1. The first-order valence-electron chi connectivity index (χ1n) is 7.64. The van der Waals surface area contributed by atoms with E-state index in [4.69, 9.17) is 4.52 Å². The number of rotatable bonds is 5. The third-order valence-electron chi connectivity index (χ3n) is 3.73. The van der Waals surface area contributed by atoms with Crippen molar-refractivity contribution in [2.75, 3.05) is 20.6 Å². The fourth-order valence-electron chi connectivity index (χ4n) is 2.60. The van der Waals surface area contributed by atoms with Crippen molar-refractivity contribution in [2.45, 2.75) is 13.0 Å². The summed E-state index contributed by atoms with van der Waals surface area (Å²) in [7, 11) is 3.76. The molecule has 2 heterocycles. The second kappa shape index (κ2) is 8.72. The standard InChI is InChI=1S/C17H21N5O.HI/c1-18-17(22(2)12-15-8-10-23-21-15)19-9-7-14-11-13-5-3-4-6-16(13)20-14;/h3-6,8,10-11,20H,7,9,12H2,1-2H3,(H,18,19);1H. The molecule has 6 nitrogen and oxygen atoms in total. The van der Waals surface area contributed by atoms with Gasteiger partial charge in [-0.1, -0.05) is 23.4 Å². The number of benzene rings is 1. The Kier molecular flexibility index (Phi) is 6.65. The number of H-pyrrole nitrogens is 1. The predicted molar refractivity (Wildman–Crippen MR) is 107 cm³/mol. The van der Waals surface area contributed by atoms with Crippen LogP contribution in [-0.4, -0.2) is 41.6 Å². The lowest BCUT2D eigenvalue weighted by Crippen LogP contribution is -2.39. The van der Waals surface area contributed by atoms with E-state index in [1.54, 1.807) is 13.3 Å². The summed E-state index contributed by atoms with van der Waals surface area (Å²) in [6.45, 7) is 1.46. The molecule has 3 rings (SSSR count). The Bertz CT molecular complexity index is 748. The van der Waals surface area contributed by atoms with Crippen molar-refractivity contribution in [3.05, 3.63) is 54.0 Å². The van der Waals surface area contributed by atoms with Crippen molar-refractivity contribution in [1.82, 2.24) is 20.4 Å². The van der Waals surface area contributed by atoms with Gasteiger partial charge in [0.15, 0.2) is 5.96 Å². The molecule has 0 saturated carbocycles. The summed E-state index contributed by atoms with van der Waals surface area (Å²) in [6.07, 6.45) is 2.49. The van der Waals surface area contributed by atoms with Gasteiger partial charge in [-0.2, -0.15) is 0 Å². The van der Waals surface area contributed by atoms with Gasteiger partial charge in [-0.25, -0.2) is 0 Å². The first kappa shape index (κ1) is 18.3. The van der Waals surface area contributed by atoms with Crippen LogP contribution >= 0.6 is 24.0 Å². The normalized spacial score (nSPS) is 11.3. The van der Waals surface area contributed by atoms with Crippen molar-refractivity contribution in [1.29, 1.82) is 0 Å². The van der Waals surface area contributed by atoms with Crippen LogP contribution in [-0.2, 0) is 13.0 Å². The fourth-order valence-corrected chi connectivity index (χ4v) is 2.60. The predicted octanol–water partition coefficient (Wildman–Crippen LogP) is 3.02. The second-order valence-electron chi connectivity index (χ2n) is 5.45. The molecule has 0 aliphatic heterocycles. The van der Waals surface area contributed by atoms with E-state index in [0.29, 0.717) is 6.54 Å². The van der Waals surface area contributed by atoms with E-state index >= 15 is 0 Å². The van der Waals surface area contributed by atoms with E-state index in [9.17, 15) is 0 Å². The third-order valence-corrected chi connectivity index (χ3v) is 3.73. The molecular weight excluding hydrogens is 417 g/mol. The molecule has 2 N–H and O–H groups in total. The number of hydrogen-bond acceptors (Lipinski definition) is 3. The van der Waals surface area contributed by atoms with E-state index in [-0.39, 0.29) is 24.0 Å². The van der Waals surface area contributed by atoms with Gasteiger partial charge in [0.05, 0.1) is 6.54 Å². The van der Waals surface area contributed by atoms with Crippen molar-refractivity contribution in [3.8, 4) is 0 Å². The van der Waals surface area contributed by atoms with Gasteiger partial charge in [-0.15, -0.1) is 24.0 Å². The number of fused-ring (bicyclic) bond motifs is 1. The van der Waals surface area contributed by atoms with Crippen LogP contribution in [0.1, 0.15) is 11.4 Å². The van der Waals surface area contributed by atoms with Gasteiger partial charge in [-0.3, -0.25) is 4.99 Å². The molecule has 3 aromatic rings. The molecule has 0 fully saturated rings. The molecule has 0 unspecified atom stereocenters. The topological polar surface area (TPSA) is 69.5 Å². The van der Waals surface area contributed by atoms with Crippen LogP contribution in [0.15, 0.2) is 52.2 Å². The molecular formula is C17H22IN5O. The van der Waals surface area contributed by atoms with E-state index < -0.39 is 0 Å². The van der Waals surface area contributed by atoms with Crippen LogP contribution in [0.5, 0.6) is 0 Å². The fraction of sp³-hybridized carbons (Fsp3) is 0.294. The summed E-state index contributed by atoms with van der Waals surface area (Å²) in [5.74, 6) is 0.837. The summed E-state index contributed by atoms with van der Waals surface area (Å²) < 4.78 is 4.86. The SMILES string of the molecule is CN=C(NCCc1cc2ccccc2[nH]1)N(C)Cc1ccon1.I. The molecule has 0 saturated heterocycles. The monoisotopic (exact) mass is 439 g/mol. The van der Waals surface area contributed by atoms with Gasteiger partial charge >= 0.3 is 0 Å². The second-order valence-corrected chi connectivity index (χ2v) is 5.45. The highest BCUT2D eigenvalue weighted by atomic mass is 127. The van der Waals surface area contributed by atoms with Crippen LogP contribution < -0.4 is 5.32 Å². The van der Waals surface area contributed by atoms with E-state index in [1.165, 1.54) is 16.6 Å². The Balaban J connectivity index is 0.00000208. The molecule has 0 radical (unpaired) electrons. The summed E-state index contributed by atoms with van der Waals surface area (Å²) >= 11 is 0. The number of hydrogen-bond donors (Lipinski definition) is 2. The number of nitrogens with zero attached hydrogens (tertiary/aromatic N) is 3. The largest absolute Gasteiger partial charge is 0.364 e. The highest BCUT2D eigenvalue weighted by Crippen LogP contribution is 2.14. The maximum Gasteiger partial charge on any atom is 0.193 e. The maximum absolute atomic E-state index is 4.86. The molecule has 0 amide bonds. The minimum Gasteiger partial charge on any atom is -0.364 e. The molecule has 24 heavy (non-hydrogen) atoms. The minimum atomic E-state index is 0. The van der Waals surface area contributed by atoms with Crippen LogP contribution in [0.3, 0.4) is 0 Å². The summed E-state index contributed by atoms with van der Waals surface area (Å²) in [4.78, 5) is 9.76. The molecule has 2 aromatic heterocycles. The first-order chi connectivity index (χ1) is 11.3. The zero-order valence-corrected chi connectivity index (χ0v) is 16.2. The number of halogens is 1. The first-order valence-corrected chi connectivity index (χ1v) is 7.64. The molecule has 0 spiro atoms. The smallest absolute Gasteiger partial charge is 0.193 e. The van der Waals surface area contributed by atoms with Crippen molar-refractivity contribution in [3.63, 3.8) is 0 Å². The quantitative estimate of drug-likeness (QED) is 0.365. The van der Waals surface area contributed by atoms with Crippen molar-refractivity contribution >= 4 is 40.8 Å². The number of aromatic nitrogens is 2. The zero-order valence-electron chi connectivity index (χ0n) is 13.8. The van der Waals surface area contributed by atoms with Gasteiger partial charge in [0.25, 0.3) is 0 Å². The molecule has 0 atom stereocenters. The number of nitrogens with one attached hydrogen (secondary N) is 2. The Morgan fingerprint density at radius 2 is 2.17 bits per heavy atom. The number of guanidine groups is 1. The Hall–Kier alpha value is -2.03. The highest BCUT2D eigenvalue weighted by Gasteiger charge is 2.08. The van der Waals surface area contributed by atoms with Crippen LogP contribution in [0.2, 0.25) is 0 Å². The van der Waals surface area contributed by atoms with Crippen molar-refractivity contribution in [2.24, 2.45) is 4.99 Å². The number of para-hydroxylation sites is 1. The van der Waals surface area contributed by atoms with Gasteiger partial charge in [0.1, 0.15) is 12.0 Å². The van der Waals surface area contributed by atoms with E-state index in [1.807, 2.05) is 24.1 Å². The molecule has 0 bridgehead atoms. The lowest BCUT2D eigenvalue weighted by molar-refractivity contribution is 0.391. The summed E-state index contributed by atoms with van der Waals surface area (Å²) in [5, 5.41) is 8.54. The van der Waals surface area contributed by atoms with Crippen molar-refractivity contribution < 1.29 is 4.52 Å². The molecule has 0 aliphatic carbocycles. The van der Waals surface area contributed by atoms with Crippen LogP contribution in [0.4, 0.5) is 0 Å². The molecule has 7 heteroatoms. The minimum absolute atomic E-state index is 0. The molecule has 128 valence electrons. The molecule has 0 aliphatic rings. The lowest BCUT2D eigenvalue weighted by atomic mass is 10.2. The Labute approximate surface area is 158 Å². The van der Waals surface area contributed by atoms with E-state index in [0.717, 1.165) is 24.6 Å². The summed E-state index contributed by atoms with van der Waals surface area (Å²) in [6, 6.07) is 12.4. The van der Waals surface area contributed by atoms with Gasteiger partial charge in [0.2, 0.25) is 0 Å². The van der Waals surface area contributed by atoms with Gasteiger partial charge < -0.3 is 19.7 Å². The average Bonchev–Trinajstić information content (AvgIpc) is 3.20. The maximum atomic E-state index is 4.86. The van der Waals surface area contributed by atoms with Crippen LogP contribution in [0.25, 0.3) is 10.9 Å². The average molecular weight is 439 g/mol. The highest BCUT2D eigenvalue weighted by molar-refractivity contribution is 14.0. The Morgan fingerprint density at radius 1 is 1.33 bits per heavy atom. The Morgan fingerprint density at radius 3 is 2.88 bits per heavy atom. The summed E-state index contributed by atoms with van der Waals surface area (Å²) in [5.41, 5.74) is 3.27. The molecule has 1 aromatic carbocycles.